The van der Waals surface area contributed by atoms with Crippen molar-refractivity contribution >= 4 is 17.2 Å². The lowest BCUT2D eigenvalue weighted by atomic mass is 10.1. The summed E-state index contributed by atoms with van der Waals surface area (Å²) in [6.45, 7) is 5.31. The number of amides is 1. The van der Waals surface area contributed by atoms with E-state index in [1.807, 2.05) is 20.0 Å². The van der Waals surface area contributed by atoms with Crippen LogP contribution in [0.3, 0.4) is 0 Å². The molecule has 2 aromatic heterocycles. The van der Waals surface area contributed by atoms with E-state index >= 15 is 0 Å². The topological polar surface area (TPSA) is 69.0 Å². The van der Waals surface area contributed by atoms with Gasteiger partial charge in [-0.1, -0.05) is 0 Å². The van der Waals surface area contributed by atoms with Crippen LogP contribution in [0.25, 0.3) is 0 Å². The van der Waals surface area contributed by atoms with Crippen molar-refractivity contribution in [3.05, 3.63) is 34.3 Å². The summed E-state index contributed by atoms with van der Waals surface area (Å²) in [5, 5.41) is 5.70. The normalized spacial score (nSPS) is 18.7. The van der Waals surface area contributed by atoms with Crippen LogP contribution >= 0.6 is 11.3 Å². The van der Waals surface area contributed by atoms with Gasteiger partial charge in [-0.2, -0.15) is 0 Å². The van der Waals surface area contributed by atoms with E-state index in [1.165, 1.54) is 11.3 Å². The lowest BCUT2D eigenvalue weighted by Gasteiger charge is -2.24. The average molecular weight is 320 g/mol. The zero-order valence-corrected chi connectivity index (χ0v) is 13.6. The van der Waals surface area contributed by atoms with Gasteiger partial charge in [0.15, 0.2) is 0 Å². The van der Waals surface area contributed by atoms with Crippen molar-refractivity contribution in [2.24, 2.45) is 0 Å². The lowest BCUT2D eigenvalue weighted by Crippen LogP contribution is -2.41. The monoisotopic (exact) mass is 320 g/mol. The molecule has 0 saturated carbocycles. The van der Waals surface area contributed by atoms with Crippen molar-refractivity contribution < 1.29 is 9.53 Å². The fraction of sp³-hybridized carbons (Fsp3) is 0.533. The maximum atomic E-state index is 12.3. The molecule has 0 bridgehead atoms. The van der Waals surface area contributed by atoms with Crippen molar-refractivity contribution in [1.29, 1.82) is 0 Å². The lowest BCUT2D eigenvalue weighted by molar-refractivity contribution is 0.0759. The Morgan fingerprint density at radius 3 is 3.32 bits per heavy atom. The number of carbonyl (C=O) groups is 1. The van der Waals surface area contributed by atoms with E-state index in [9.17, 15) is 4.79 Å². The van der Waals surface area contributed by atoms with Crippen molar-refractivity contribution in [3.8, 4) is 0 Å². The van der Waals surface area contributed by atoms with Gasteiger partial charge in [0.25, 0.3) is 5.91 Å². The van der Waals surface area contributed by atoms with E-state index in [0.29, 0.717) is 12.3 Å². The van der Waals surface area contributed by atoms with Crippen molar-refractivity contribution in [2.45, 2.75) is 45.4 Å². The van der Waals surface area contributed by atoms with E-state index in [0.717, 1.165) is 30.2 Å². The number of aryl methyl sites for hydroxylation is 1. The number of hydrogen-bond donors (Lipinski definition) is 1. The molecule has 0 spiro atoms. The van der Waals surface area contributed by atoms with Crippen LogP contribution in [-0.4, -0.2) is 33.1 Å². The molecule has 0 saturated heterocycles. The predicted molar refractivity (Wildman–Crippen MR) is 84.0 cm³/mol. The van der Waals surface area contributed by atoms with E-state index in [2.05, 4.69) is 19.9 Å². The molecule has 3 rings (SSSR count). The molecule has 118 valence electrons. The second-order valence-electron chi connectivity index (χ2n) is 5.37. The molecule has 1 amide bonds. The Labute approximate surface area is 133 Å². The number of ether oxygens (including phenoxy) is 1. The number of fused-ring (bicyclic) bond motifs is 1. The zero-order chi connectivity index (χ0) is 15.5. The second-order valence-corrected chi connectivity index (χ2v) is 6.26. The molecule has 0 radical (unpaired) electrons. The van der Waals surface area contributed by atoms with E-state index in [-0.39, 0.29) is 18.1 Å². The maximum Gasteiger partial charge on any atom is 0.271 e. The SMILES string of the molecule is CCO[C@@H](C)c1nc(C(=O)N[C@@H]2CCc3nccn3C2)cs1. The molecular weight excluding hydrogens is 300 g/mol. The first-order valence-electron chi connectivity index (χ1n) is 7.55. The van der Waals surface area contributed by atoms with Gasteiger partial charge in [0.1, 0.15) is 22.6 Å². The van der Waals surface area contributed by atoms with Gasteiger partial charge >= 0.3 is 0 Å². The molecule has 0 unspecified atom stereocenters. The summed E-state index contributed by atoms with van der Waals surface area (Å²) < 4.78 is 7.60. The average Bonchev–Trinajstić information content (AvgIpc) is 3.16. The minimum absolute atomic E-state index is 0.0697. The molecule has 1 N–H and O–H groups in total. The summed E-state index contributed by atoms with van der Waals surface area (Å²) in [7, 11) is 0. The number of imidazole rings is 1. The number of aromatic nitrogens is 3. The highest BCUT2D eigenvalue weighted by molar-refractivity contribution is 7.09. The summed E-state index contributed by atoms with van der Waals surface area (Å²) in [5.74, 6) is 0.978. The van der Waals surface area contributed by atoms with Crippen LogP contribution < -0.4 is 5.32 Å². The number of nitrogens with one attached hydrogen (secondary N) is 1. The van der Waals surface area contributed by atoms with E-state index in [1.54, 1.807) is 11.6 Å². The van der Waals surface area contributed by atoms with Gasteiger partial charge in [0.05, 0.1) is 0 Å². The van der Waals surface area contributed by atoms with Gasteiger partial charge in [-0.15, -0.1) is 11.3 Å². The van der Waals surface area contributed by atoms with E-state index in [4.69, 9.17) is 4.74 Å². The third-order valence-electron chi connectivity index (χ3n) is 3.79. The molecular formula is C15H20N4O2S. The van der Waals surface area contributed by atoms with Crippen LogP contribution in [0.15, 0.2) is 17.8 Å². The summed E-state index contributed by atoms with van der Waals surface area (Å²) in [5.41, 5.74) is 0.475. The number of carbonyl (C=O) groups excluding carboxylic acids is 1. The molecule has 1 aliphatic heterocycles. The first kappa shape index (κ1) is 15.2. The molecule has 22 heavy (non-hydrogen) atoms. The van der Waals surface area contributed by atoms with Gasteiger partial charge in [0, 0.05) is 43.4 Å². The Morgan fingerprint density at radius 1 is 1.64 bits per heavy atom. The van der Waals surface area contributed by atoms with Crippen molar-refractivity contribution in [1.82, 2.24) is 19.9 Å². The number of hydrogen-bond acceptors (Lipinski definition) is 5. The number of thiazole rings is 1. The third kappa shape index (κ3) is 3.20. The molecule has 3 heterocycles. The van der Waals surface area contributed by atoms with Gasteiger partial charge < -0.3 is 14.6 Å². The maximum absolute atomic E-state index is 12.3. The largest absolute Gasteiger partial charge is 0.372 e. The Kier molecular flexibility index (Phi) is 4.54. The van der Waals surface area contributed by atoms with Crippen LogP contribution in [-0.2, 0) is 17.7 Å². The van der Waals surface area contributed by atoms with Crippen LogP contribution in [0, 0.1) is 0 Å². The minimum atomic E-state index is -0.111. The molecule has 7 heteroatoms. The predicted octanol–water partition coefficient (Wildman–Crippen LogP) is 2.18. The van der Waals surface area contributed by atoms with Crippen molar-refractivity contribution in [3.63, 3.8) is 0 Å². The summed E-state index contributed by atoms with van der Waals surface area (Å²) in [6, 6.07) is 0.128. The molecule has 2 aromatic rings. The molecule has 0 aromatic carbocycles. The highest BCUT2D eigenvalue weighted by Gasteiger charge is 2.22. The second kappa shape index (κ2) is 6.58. The minimum Gasteiger partial charge on any atom is -0.372 e. The Morgan fingerprint density at radius 2 is 2.50 bits per heavy atom. The summed E-state index contributed by atoms with van der Waals surface area (Å²) in [4.78, 5) is 21.0. The van der Waals surface area contributed by atoms with Gasteiger partial charge in [-0.05, 0) is 20.3 Å². The molecule has 6 nitrogen and oxygen atoms in total. The molecule has 0 fully saturated rings. The van der Waals surface area contributed by atoms with Gasteiger partial charge in [-0.25, -0.2) is 9.97 Å². The molecule has 2 atom stereocenters. The fourth-order valence-electron chi connectivity index (χ4n) is 2.64. The van der Waals surface area contributed by atoms with Crippen LogP contribution in [0.4, 0.5) is 0 Å². The molecule has 1 aliphatic rings. The smallest absolute Gasteiger partial charge is 0.271 e. The first-order chi connectivity index (χ1) is 10.7. The Hall–Kier alpha value is -1.73. The highest BCUT2D eigenvalue weighted by Crippen LogP contribution is 2.21. The van der Waals surface area contributed by atoms with E-state index < -0.39 is 0 Å². The molecule has 0 aliphatic carbocycles. The van der Waals surface area contributed by atoms with Crippen molar-refractivity contribution in [2.75, 3.05) is 6.61 Å². The Bertz CT molecular complexity index is 652. The number of rotatable bonds is 5. The zero-order valence-electron chi connectivity index (χ0n) is 12.8. The number of nitrogens with zero attached hydrogens (tertiary/aromatic N) is 3. The van der Waals surface area contributed by atoms with Gasteiger partial charge in [-0.3, -0.25) is 4.79 Å². The van der Waals surface area contributed by atoms with Crippen LogP contribution in [0.5, 0.6) is 0 Å². The highest BCUT2D eigenvalue weighted by atomic mass is 32.1. The summed E-state index contributed by atoms with van der Waals surface area (Å²) >= 11 is 1.47. The standard InChI is InChI=1S/C15H20N4O2S/c1-3-21-10(2)15-18-12(9-22-15)14(20)17-11-4-5-13-16-6-7-19(13)8-11/h6-7,9-11H,3-5,8H2,1-2H3,(H,17,20)/t10-,11+/m0/s1. The first-order valence-corrected chi connectivity index (χ1v) is 8.43. The summed E-state index contributed by atoms with van der Waals surface area (Å²) in [6.07, 6.45) is 5.50. The van der Waals surface area contributed by atoms with Crippen LogP contribution in [0.2, 0.25) is 0 Å². The third-order valence-corrected chi connectivity index (χ3v) is 4.80. The quantitative estimate of drug-likeness (QED) is 0.917. The van der Waals surface area contributed by atoms with Crippen LogP contribution in [0.1, 0.15) is 47.7 Å². The Balaban J connectivity index is 1.61. The fourth-order valence-corrected chi connectivity index (χ4v) is 3.45. The van der Waals surface area contributed by atoms with Gasteiger partial charge in [0.2, 0.25) is 0 Å².